The van der Waals surface area contributed by atoms with Crippen LogP contribution in [0.5, 0.6) is 0 Å². The molecule has 0 N–H and O–H groups in total. The number of nitrogens with zero attached hydrogens (tertiary/aromatic N) is 2. The van der Waals surface area contributed by atoms with Gasteiger partial charge in [-0.15, -0.1) is 0 Å². The number of rotatable bonds is 6. The Labute approximate surface area is 153 Å². The zero-order valence-corrected chi connectivity index (χ0v) is 15.2. The standard InChI is InChI=1S/C19H26N2O5/c1-25-12-3-9-21-14-19(6-5-16(21)22)7-10-20(11-8-19)18(24)17(23)15-4-2-13-26-15/h2,4,13H,3,5-12,14H2,1H3. The molecule has 1 spiro atoms. The third-order valence-electron chi connectivity index (χ3n) is 5.58. The summed E-state index contributed by atoms with van der Waals surface area (Å²) >= 11 is 0. The highest BCUT2D eigenvalue weighted by molar-refractivity contribution is 6.41. The summed E-state index contributed by atoms with van der Waals surface area (Å²) in [5.74, 6) is -0.800. The zero-order chi connectivity index (χ0) is 18.6. The van der Waals surface area contributed by atoms with Crippen LogP contribution in [-0.4, -0.2) is 67.3 Å². The summed E-state index contributed by atoms with van der Waals surface area (Å²) < 4.78 is 10.1. The van der Waals surface area contributed by atoms with Crippen LogP contribution < -0.4 is 0 Å². The van der Waals surface area contributed by atoms with Crippen molar-refractivity contribution in [3.63, 3.8) is 0 Å². The van der Waals surface area contributed by atoms with E-state index < -0.39 is 11.7 Å². The molecule has 2 saturated heterocycles. The Morgan fingerprint density at radius 2 is 2.04 bits per heavy atom. The van der Waals surface area contributed by atoms with Crippen molar-refractivity contribution in [2.75, 3.05) is 39.9 Å². The van der Waals surface area contributed by atoms with E-state index in [-0.39, 0.29) is 17.1 Å². The molecule has 0 radical (unpaired) electrons. The number of likely N-dealkylation sites (tertiary alicyclic amines) is 2. The predicted octanol–water partition coefficient (Wildman–Crippen LogP) is 1.73. The van der Waals surface area contributed by atoms with Gasteiger partial charge in [-0.3, -0.25) is 14.4 Å². The minimum Gasteiger partial charge on any atom is -0.461 e. The third kappa shape index (κ3) is 3.98. The molecule has 1 aromatic rings. The van der Waals surface area contributed by atoms with E-state index in [2.05, 4.69) is 0 Å². The maximum Gasteiger partial charge on any atom is 0.298 e. The third-order valence-corrected chi connectivity index (χ3v) is 5.58. The van der Waals surface area contributed by atoms with Crippen LogP contribution in [0.4, 0.5) is 0 Å². The van der Waals surface area contributed by atoms with E-state index in [1.165, 1.54) is 12.3 Å². The summed E-state index contributed by atoms with van der Waals surface area (Å²) in [6.07, 6.45) is 5.28. The zero-order valence-electron chi connectivity index (χ0n) is 15.2. The second-order valence-corrected chi connectivity index (χ2v) is 7.26. The highest BCUT2D eigenvalue weighted by atomic mass is 16.5. The van der Waals surface area contributed by atoms with Crippen LogP contribution in [0, 0.1) is 5.41 Å². The maximum atomic E-state index is 12.4. The van der Waals surface area contributed by atoms with Crippen LogP contribution in [-0.2, 0) is 14.3 Å². The summed E-state index contributed by atoms with van der Waals surface area (Å²) in [6, 6.07) is 3.11. The van der Waals surface area contributed by atoms with E-state index in [1.807, 2.05) is 4.90 Å². The highest BCUT2D eigenvalue weighted by Crippen LogP contribution is 2.40. The van der Waals surface area contributed by atoms with Gasteiger partial charge in [0.25, 0.3) is 11.7 Å². The molecule has 26 heavy (non-hydrogen) atoms. The molecule has 2 aliphatic rings. The monoisotopic (exact) mass is 362 g/mol. The molecule has 0 unspecified atom stereocenters. The first kappa shape index (κ1) is 18.6. The number of hydrogen-bond acceptors (Lipinski definition) is 5. The smallest absolute Gasteiger partial charge is 0.298 e. The fourth-order valence-corrected chi connectivity index (χ4v) is 3.95. The summed E-state index contributed by atoms with van der Waals surface area (Å²) in [6.45, 7) is 3.20. The molecule has 0 bridgehead atoms. The van der Waals surface area contributed by atoms with Gasteiger partial charge in [-0.25, -0.2) is 0 Å². The van der Waals surface area contributed by atoms with E-state index in [1.54, 1.807) is 18.1 Å². The van der Waals surface area contributed by atoms with Crippen LogP contribution in [0.15, 0.2) is 22.8 Å². The van der Waals surface area contributed by atoms with Crippen molar-refractivity contribution in [3.8, 4) is 0 Å². The van der Waals surface area contributed by atoms with E-state index in [0.29, 0.717) is 32.7 Å². The summed E-state index contributed by atoms with van der Waals surface area (Å²) in [4.78, 5) is 40.3. The van der Waals surface area contributed by atoms with Crippen molar-refractivity contribution in [1.29, 1.82) is 0 Å². The summed E-state index contributed by atoms with van der Waals surface area (Å²) in [5.41, 5.74) is 0.0610. The van der Waals surface area contributed by atoms with Crippen LogP contribution in [0.1, 0.15) is 42.7 Å². The molecule has 0 atom stereocenters. The van der Waals surface area contributed by atoms with Crippen molar-refractivity contribution < 1.29 is 23.5 Å². The van der Waals surface area contributed by atoms with E-state index >= 15 is 0 Å². The average Bonchev–Trinajstić information content (AvgIpc) is 3.19. The second-order valence-electron chi connectivity index (χ2n) is 7.26. The van der Waals surface area contributed by atoms with E-state index in [9.17, 15) is 14.4 Å². The van der Waals surface area contributed by atoms with Gasteiger partial charge >= 0.3 is 0 Å². The molecule has 3 heterocycles. The Kier molecular flexibility index (Phi) is 5.76. The maximum absolute atomic E-state index is 12.4. The van der Waals surface area contributed by atoms with Crippen LogP contribution in [0.3, 0.4) is 0 Å². The predicted molar refractivity (Wildman–Crippen MR) is 93.6 cm³/mol. The number of ether oxygens (including phenoxy) is 1. The lowest BCUT2D eigenvalue weighted by atomic mass is 9.72. The van der Waals surface area contributed by atoms with Crippen molar-refractivity contribution >= 4 is 17.6 Å². The van der Waals surface area contributed by atoms with E-state index in [4.69, 9.17) is 9.15 Å². The van der Waals surface area contributed by atoms with E-state index in [0.717, 1.165) is 32.2 Å². The van der Waals surface area contributed by atoms with Crippen molar-refractivity contribution in [3.05, 3.63) is 24.2 Å². The Morgan fingerprint density at radius 3 is 2.69 bits per heavy atom. The number of ketones is 1. The van der Waals surface area contributed by atoms with Gasteiger partial charge in [0.05, 0.1) is 6.26 Å². The van der Waals surface area contributed by atoms with Gasteiger partial charge < -0.3 is 19.0 Å². The molecule has 2 amide bonds. The number of hydrogen-bond donors (Lipinski definition) is 0. The average molecular weight is 362 g/mol. The molecule has 0 aliphatic carbocycles. The van der Waals surface area contributed by atoms with Gasteiger partial charge in [0.2, 0.25) is 5.91 Å². The normalized spacial score (nSPS) is 19.8. The number of carbonyl (C=O) groups excluding carboxylic acids is 3. The number of piperidine rings is 2. The second kappa shape index (κ2) is 8.03. The molecule has 3 rings (SSSR count). The fraction of sp³-hybridized carbons (Fsp3) is 0.632. The topological polar surface area (TPSA) is 80.1 Å². The van der Waals surface area contributed by atoms with Crippen LogP contribution >= 0.6 is 0 Å². The minimum atomic E-state index is -0.592. The first-order valence-corrected chi connectivity index (χ1v) is 9.18. The first-order valence-electron chi connectivity index (χ1n) is 9.18. The lowest BCUT2D eigenvalue weighted by Gasteiger charge is -2.47. The van der Waals surface area contributed by atoms with Crippen LogP contribution in [0.2, 0.25) is 0 Å². The number of Topliss-reactive ketones (excluding diaryl/α,β-unsaturated/α-hetero) is 1. The lowest BCUT2D eigenvalue weighted by Crippen LogP contribution is -2.53. The molecule has 142 valence electrons. The minimum absolute atomic E-state index is 0.0610. The highest BCUT2D eigenvalue weighted by Gasteiger charge is 2.42. The molecular formula is C19H26N2O5. The summed E-state index contributed by atoms with van der Waals surface area (Å²) in [7, 11) is 1.66. The molecule has 2 aliphatic heterocycles. The fourth-order valence-electron chi connectivity index (χ4n) is 3.95. The Hall–Kier alpha value is -2.15. The van der Waals surface area contributed by atoms with Crippen LogP contribution in [0.25, 0.3) is 0 Å². The molecular weight excluding hydrogens is 336 g/mol. The number of methoxy groups -OCH3 is 1. The molecule has 2 fully saturated rings. The molecule has 1 aromatic heterocycles. The van der Waals surface area contributed by atoms with Gasteiger partial charge in [-0.1, -0.05) is 0 Å². The number of amides is 2. The Balaban J connectivity index is 1.56. The van der Waals surface area contributed by atoms with Gasteiger partial charge in [-0.2, -0.15) is 0 Å². The quantitative estimate of drug-likeness (QED) is 0.437. The van der Waals surface area contributed by atoms with Crippen molar-refractivity contribution in [1.82, 2.24) is 9.80 Å². The Morgan fingerprint density at radius 1 is 1.27 bits per heavy atom. The number of furan rings is 1. The molecule has 0 saturated carbocycles. The first-order chi connectivity index (χ1) is 12.5. The van der Waals surface area contributed by atoms with Gasteiger partial charge in [-0.05, 0) is 43.2 Å². The lowest BCUT2D eigenvalue weighted by molar-refractivity contribution is -0.141. The Bertz CT molecular complexity index is 647. The molecule has 7 heteroatoms. The van der Waals surface area contributed by atoms with Gasteiger partial charge in [0.15, 0.2) is 5.76 Å². The molecule has 7 nitrogen and oxygen atoms in total. The molecule has 0 aromatic carbocycles. The van der Waals surface area contributed by atoms with Crippen molar-refractivity contribution in [2.45, 2.75) is 32.1 Å². The largest absolute Gasteiger partial charge is 0.461 e. The van der Waals surface area contributed by atoms with Gasteiger partial charge in [0.1, 0.15) is 0 Å². The SMILES string of the molecule is COCCCN1CC2(CCC1=O)CCN(C(=O)C(=O)c1ccco1)CC2. The summed E-state index contributed by atoms with van der Waals surface area (Å²) in [5, 5.41) is 0. The van der Waals surface area contributed by atoms with Crippen molar-refractivity contribution in [2.24, 2.45) is 5.41 Å². The number of carbonyl (C=O) groups is 3. The van der Waals surface area contributed by atoms with Gasteiger partial charge in [0, 0.05) is 46.3 Å².